The lowest BCUT2D eigenvalue weighted by Gasteiger charge is -2.39. The normalized spacial score (nSPS) is 20.5. The highest BCUT2D eigenvalue weighted by molar-refractivity contribution is 5.70. The van der Waals surface area contributed by atoms with Crippen LogP contribution in [0.3, 0.4) is 0 Å². The van der Waals surface area contributed by atoms with Gasteiger partial charge in [-0.2, -0.15) is 13.2 Å². The molecule has 0 aliphatic carbocycles. The molecule has 23 heavy (non-hydrogen) atoms. The molecule has 2 fully saturated rings. The standard InChI is InChI=1S/C15H18F3N3O2/c1-2-10-7-19-8-11(15(16,17)18)12(10)21-5-3-14(4-6-21)9-20-13(22)23-14/h7-8H,2-6,9H2,1H3,(H,20,22). The molecule has 1 spiro atoms. The van der Waals surface area contributed by atoms with Crippen LogP contribution in [0.25, 0.3) is 0 Å². The quantitative estimate of drug-likeness (QED) is 0.906. The molecule has 1 amide bonds. The van der Waals surface area contributed by atoms with Gasteiger partial charge in [0.05, 0.1) is 17.8 Å². The van der Waals surface area contributed by atoms with Crippen molar-refractivity contribution in [2.75, 3.05) is 24.5 Å². The molecule has 126 valence electrons. The first kappa shape index (κ1) is 15.9. The van der Waals surface area contributed by atoms with E-state index in [1.54, 1.807) is 4.90 Å². The van der Waals surface area contributed by atoms with Gasteiger partial charge in [0.25, 0.3) is 0 Å². The molecule has 2 aliphatic rings. The summed E-state index contributed by atoms with van der Waals surface area (Å²) in [4.78, 5) is 16.7. The Kier molecular flexibility index (Phi) is 3.85. The highest BCUT2D eigenvalue weighted by Crippen LogP contribution is 2.40. The van der Waals surface area contributed by atoms with Crippen molar-refractivity contribution in [2.45, 2.75) is 38.0 Å². The van der Waals surface area contributed by atoms with Gasteiger partial charge in [-0.3, -0.25) is 4.98 Å². The van der Waals surface area contributed by atoms with E-state index in [1.165, 1.54) is 6.20 Å². The van der Waals surface area contributed by atoms with E-state index < -0.39 is 23.4 Å². The molecule has 0 atom stereocenters. The monoisotopic (exact) mass is 329 g/mol. The summed E-state index contributed by atoms with van der Waals surface area (Å²) < 4.78 is 45.3. The van der Waals surface area contributed by atoms with Gasteiger partial charge in [-0.15, -0.1) is 0 Å². The Labute approximate surface area is 131 Å². The maximum atomic E-state index is 13.3. The Balaban J connectivity index is 1.87. The maximum Gasteiger partial charge on any atom is 0.419 e. The van der Waals surface area contributed by atoms with Crippen LogP contribution in [0.1, 0.15) is 30.9 Å². The molecular formula is C15H18F3N3O2. The van der Waals surface area contributed by atoms with Crippen LogP contribution in [0.15, 0.2) is 12.4 Å². The first-order valence-corrected chi connectivity index (χ1v) is 7.60. The topological polar surface area (TPSA) is 54.5 Å². The number of aromatic nitrogens is 1. The molecule has 0 unspecified atom stereocenters. The summed E-state index contributed by atoms with van der Waals surface area (Å²) in [6.07, 6.45) is -1.02. The molecule has 3 heterocycles. The van der Waals surface area contributed by atoms with Gasteiger partial charge in [0.2, 0.25) is 0 Å². The number of aryl methyl sites for hydroxylation is 1. The third-order valence-electron chi connectivity index (χ3n) is 4.53. The van der Waals surface area contributed by atoms with Crippen LogP contribution >= 0.6 is 0 Å². The van der Waals surface area contributed by atoms with Gasteiger partial charge in [-0.05, 0) is 12.0 Å². The SMILES string of the molecule is CCc1cncc(C(F)(F)F)c1N1CCC2(CC1)CNC(=O)O2. The van der Waals surface area contributed by atoms with E-state index in [0.717, 1.165) is 6.20 Å². The number of nitrogens with zero attached hydrogens (tertiary/aromatic N) is 2. The predicted molar refractivity (Wildman–Crippen MR) is 77.3 cm³/mol. The van der Waals surface area contributed by atoms with Crippen LogP contribution in [0.4, 0.5) is 23.7 Å². The van der Waals surface area contributed by atoms with Gasteiger partial charge in [-0.1, -0.05) is 6.92 Å². The zero-order valence-corrected chi connectivity index (χ0v) is 12.7. The van der Waals surface area contributed by atoms with Gasteiger partial charge in [0.1, 0.15) is 5.60 Å². The number of hydrogen-bond acceptors (Lipinski definition) is 4. The summed E-state index contributed by atoms with van der Waals surface area (Å²) in [5.41, 5.74) is -0.487. The molecule has 3 rings (SSSR count). The van der Waals surface area contributed by atoms with Gasteiger partial charge in [0.15, 0.2) is 0 Å². The zero-order chi connectivity index (χ0) is 16.7. The fourth-order valence-corrected chi connectivity index (χ4v) is 3.26. The van der Waals surface area contributed by atoms with Crippen molar-refractivity contribution in [1.29, 1.82) is 0 Å². The van der Waals surface area contributed by atoms with Crippen molar-refractivity contribution in [3.8, 4) is 0 Å². The van der Waals surface area contributed by atoms with Crippen LogP contribution in [-0.2, 0) is 17.3 Å². The number of nitrogens with one attached hydrogen (secondary N) is 1. The largest absolute Gasteiger partial charge is 0.441 e. The summed E-state index contributed by atoms with van der Waals surface area (Å²) in [5, 5.41) is 2.62. The second-order valence-electron chi connectivity index (χ2n) is 5.96. The van der Waals surface area contributed by atoms with Crippen molar-refractivity contribution in [3.63, 3.8) is 0 Å². The van der Waals surface area contributed by atoms with E-state index in [1.807, 2.05) is 6.92 Å². The van der Waals surface area contributed by atoms with Gasteiger partial charge in [0, 0.05) is 38.3 Å². The first-order valence-electron chi connectivity index (χ1n) is 7.60. The van der Waals surface area contributed by atoms with E-state index in [9.17, 15) is 18.0 Å². The third-order valence-corrected chi connectivity index (χ3v) is 4.53. The molecule has 1 aromatic rings. The number of carbonyl (C=O) groups excluding carboxylic acids is 1. The first-order chi connectivity index (χ1) is 10.8. The number of piperidine rings is 1. The number of alkyl halides is 3. The summed E-state index contributed by atoms with van der Waals surface area (Å²) in [7, 11) is 0. The van der Waals surface area contributed by atoms with E-state index in [0.29, 0.717) is 44.5 Å². The highest BCUT2D eigenvalue weighted by Gasteiger charge is 2.44. The number of hydrogen-bond donors (Lipinski definition) is 1. The molecular weight excluding hydrogens is 311 g/mol. The minimum atomic E-state index is -4.44. The highest BCUT2D eigenvalue weighted by atomic mass is 19.4. The summed E-state index contributed by atoms with van der Waals surface area (Å²) >= 11 is 0. The molecule has 1 aromatic heterocycles. The van der Waals surface area contributed by atoms with Crippen LogP contribution in [-0.4, -0.2) is 36.3 Å². The smallest absolute Gasteiger partial charge is 0.419 e. The van der Waals surface area contributed by atoms with Crippen LogP contribution in [0, 0.1) is 0 Å². The second kappa shape index (κ2) is 5.58. The predicted octanol–water partition coefficient (Wildman–Crippen LogP) is 2.74. The molecule has 5 nitrogen and oxygen atoms in total. The maximum absolute atomic E-state index is 13.3. The van der Waals surface area contributed by atoms with Crippen LogP contribution in [0.5, 0.6) is 0 Å². The van der Waals surface area contributed by atoms with Crippen molar-refractivity contribution in [3.05, 3.63) is 23.5 Å². The minimum Gasteiger partial charge on any atom is -0.441 e. The van der Waals surface area contributed by atoms with Crippen molar-refractivity contribution >= 4 is 11.8 Å². The second-order valence-corrected chi connectivity index (χ2v) is 5.96. The summed E-state index contributed by atoms with van der Waals surface area (Å²) in [5.74, 6) is 0. The summed E-state index contributed by atoms with van der Waals surface area (Å²) in [6.45, 7) is 3.06. The molecule has 8 heteroatoms. The van der Waals surface area contributed by atoms with Crippen molar-refractivity contribution in [1.82, 2.24) is 10.3 Å². The average Bonchev–Trinajstić information content (AvgIpc) is 2.87. The fourth-order valence-electron chi connectivity index (χ4n) is 3.26. The van der Waals surface area contributed by atoms with Gasteiger partial charge < -0.3 is 15.0 Å². The van der Waals surface area contributed by atoms with Gasteiger partial charge >= 0.3 is 12.3 Å². The Morgan fingerprint density at radius 3 is 2.57 bits per heavy atom. The van der Waals surface area contributed by atoms with E-state index >= 15 is 0 Å². The number of anilines is 1. The molecule has 2 saturated heterocycles. The number of amides is 1. The molecule has 1 N–H and O–H groups in total. The van der Waals surface area contributed by atoms with E-state index in [-0.39, 0.29) is 5.69 Å². The van der Waals surface area contributed by atoms with Crippen LogP contribution < -0.4 is 10.2 Å². The molecule has 0 bridgehead atoms. The third kappa shape index (κ3) is 2.94. The number of pyridine rings is 1. The number of carbonyl (C=O) groups is 1. The fraction of sp³-hybridized carbons (Fsp3) is 0.600. The Morgan fingerprint density at radius 2 is 2.04 bits per heavy atom. The number of alkyl carbamates (subject to hydrolysis) is 1. The van der Waals surface area contributed by atoms with E-state index in [2.05, 4.69) is 10.3 Å². The zero-order valence-electron chi connectivity index (χ0n) is 12.7. The molecule has 0 saturated carbocycles. The van der Waals surface area contributed by atoms with Crippen molar-refractivity contribution in [2.24, 2.45) is 0 Å². The lowest BCUT2D eigenvalue weighted by molar-refractivity contribution is -0.137. The van der Waals surface area contributed by atoms with Gasteiger partial charge in [-0.25, -0.2) is 4.79 Å². The number of rotatable bonds is 2. The van der Waals surface area contributed by atoms with Crippen LogP contribution in [0.2, 0.25) is 0 Å². The Morgan fingerprint density at radius 1 is 1.35 bits per heavy atom. The minimum absolute atomic E-state index is 0.210. The Bertz CT molecular complexity index is 610. The molecule has 2 aliphatic heterocycles. The van der Waals surface area contributed by atoms with Crippen molar-refractivity contribution < 1.29 is 22.7 Å². The molecule has 0 aromatic carbocycles. The molecule has 0 radical (unpaired) electrons. The Hall–Kier alpha value is -1.99. The lowest BCUT2D eigenvalue weighted by Crippen LogP contribution is -2.47. The average molecular weight is 329 g/mol. The number of ether oxygens (including phenoxy) is 1. The lowest BCUT2D eigenvalue weighted by atomic mass is 9.90. The number of halogens is 3. The van der Waals surface area contributed by atoms with E-state index in [4.69, 9.17) is 4.74 Å². The summed E-state index contributed by atoms with van der Waals surface area (Å²) in [6, 6.07) is 0.